The highest BCUT2D eigenvalue weighted by Gasteiger charge is 2.24. The lowest BCUT2D eigenvalue weighted by molar-refractivity contribution is 0.0940. The third kappa shape index (κ3) is 3.14. The maximum Gasteiger partial charge on any atom is 0.255 e. The van der Waals surface area contributed by atoms with E-state index in [1.165, 1.54) is 0 Å². The van der Waals surface area contributed by atoms with Gasteiger partial charge in [-0.2, -0.15) is 4.39 Å². The molecule has 1 aromatic rings. The summed E-state index contributed by atoms with van der Waals surface area (Å²) in [5, 5.41) is 11.2. The fourth-order valence-corrected chi connectivity index (χ4v) is 1.59. The average Bonchev–Trinajstić information content (AvgIpc) is 2.36. The predicted molar refractivity (Wildman–Crippen MR) is 66.3 cm³/mol. The number of benzene rings is 1. The zero-order valence-corrected chi connectivity index (χ0v) is 10.7. The van der Waals surface area contributed by atoms with E-state index in [0.29, 0.717) is 12.5 Å². The Bertz CT molecular complexity index is 537. The van der Waals surface area contributed by atoms with Crippen LogP contribution in [0.2, 0.25) is 0 Å². The Balaban J connectivity index is 3.11. The number of hydrogen-bond acceptors (Lipinski definition) is 3. The van der Waals surface area contributed by atoms with Crippen molar-refractivity contribution in [2.45, 2.75) is 19.4 Å². The zero-order valence-electron chi connectivity index (χ0n) is 9.84. The lowest BCUT2D eigenvalue weighted by Gasteiger charge is -2.15. The Hall–Kier alpha value is -1.83. The van der Waals surface area contributed by atoms with Gasteiger partial charge in [0.15, 0.2) is 17.4 Å². The van der Waals surface area contributed by atoms with Crippen LogP contribution >= 0.6 is 12.2 Å². The van der Waals surface area contributed by atoms with Gasteiger partial charge in [-0.15, -0.1) is 0 Å². The summed E-state index contributed by atoms with van der Waals surface area (Å²) in [6.45, 7) is 1.67. The van der Waals surface area contributed by atoms with Gasteiger partial charge in [-0.05, 0) is 12.5 Å². The molecular weight excluding hydrogens is 281 g/mol. The molecule has 4 N–H and O–H groups in total. The summed E-state index contributed by atoms with van der Waals surface area (Å²) in [5.74, 6) is -7.43. The van der Waals surface area contributed by atoms with E-state index in [4.69, 9.17) is 10.8 Å². The zero-order chi connectivity index (χ0) is 14.7. The molecule has 0 aromatic heterocycles. The van der Waals surface area contributed by atoms with Crippen LogP contribution in [-0.4, -0.2) is 22.0 Å². The van der Waals surface area contributed by atoms with E-state index in [9.17, 15) is 18.0 Å². The van der Waals surface area contributed by atoms with Crippen LogP contribution in [0, 0.1) is 17.5 Å². The topological polar surface area (TPSA) is 75.3 Å². The molecule has 0 aliphatic rings. The highest BCUT2D eigenvalue weighted by atomic mass is 32.1. The molecule has 1 unspecified atom stereocenters. The molecule has 1 rings (SSSR count). The van der Waals surface area contributed by atoms with Crippen molar-refractivity contribution in [2.75, 3.05) is 0 Å². The van der Waals surface area contributed by atoms with Crippen molar-refractivity contribution in [2.24, 2.45) is 5.73 Å². The second-order valence-electron chi connectivity index (χ2n) is 3.72. The second-order valence-corrected chi connectivity index (χ2v) is 4.19. The lowest BCUT2D eigenvalue weighted by atomic mass is 10.1. The number of amides is 1. The average molecular weight is 292 g/mol. The molecule has 0 fully saturated rings. The lowest BCUT2D eigenvalue weighted by Crippen LogP contribution is -2.43. The minimum atomic E-state index is -1.75. The molecule has 0 aliphatic heterocycles. The Kier molecular flexibility index (Phi) is 4.71. The molecule has 0 bridgehead atoms. The van der Waals surface area contributed by atoms with Crippen molar-refractivity contribution in [3.05, 3.63) is 29.1 Å². The molecule has 8 heteroatoms. The van der Waals surface area contributed by atoms with Gasteiger partial charge in [0.25, 0.3) is 5.91 Å². The van der Waals surface area contributed by atoms with Gasteiger partial charge in [0.2, 0.25) is 5.82 Å². The fraction of sp³-hybridized carbons (Fsp3) is 0.273. The number of aromatic hydroxyl groups is 1. The Morgan fingerprint density at radius 2 is 2.05 bits per heavy atom. The maximum absolute atomic E-state index is 13.5. The first kappa shape index (κ1) is 15.2. The number of nitrogens with one attached hydrogen (secondary N) is 1. The number of carbonyl (C=O) groups is 1. The molecule has 0 saturated heterocycles. The van der Waals surface area contributed by atoms with E-state index in [-0.39, 0.29) is 4.99 Å². The molecule has 0 heterocycles. The molecular formula is C11H11F3N2O2S. The van der Waals surface area contributed by atoms with Crippen molar-refractivity contribution >= 4 is 23.1 Å². The first-order chi connectivity index (χ1) is 8.79. The molecule has 0 saturated carbocycles. The van der Waals surface area contributed by atoms with Crippen LogP contribution in [0.4, 0.5) is 13.2 Å². The number of phenolic OH excluding ortho intramolecular Hbond substituents is 1. The first-order valence-corrected chi connectivity index (χ1v) is 5.67. The van der Waals surface area contributed by atoms with Gasteiger partial charge < -0.3 is 16.2 Å². The van der Waals surface area contributed by atoms with Crippen molar-refractivity contribution in [3.63, 3.8) is 0 Å². The van der Waals surface area contributed by atoms with Crippen LogP contribution < -0.4 is 11.1 Å². The maximum atomic E-state index is 13.5. The summed E-state index contributed by atoms with van der Waals surface area (Å²) in [5.41, 5.74) is 4.51. The van der Waals surface area contributed by atoms with Crippen LogP contribution in [0.25, 0.3) is 0 Å². The number of nitrogens with two attached hydrogens (primary N) is 1. The number of hydrogen-bond donors (Lipinski definition) is 3. The molecule has 1 atom stereocenters. The van der Waals surface area contributed by atoms with Gasteiger partial charge in [-0.1, -0.05) is 19.1 Å². The van der Waals surface area contributed by atoms with Gasteiger partial charge >= 0.3 is 0 Å². The number of carbonyl (C=O) groups excluding carboxylic acids is 1. The second kappa shape index (κ2) is 5.87. The highest BCUT2D eigenvalue weighted by Crippen LogP contribution is 2.25. The van der Waals surface area contributed by atoms with Crippen LogP contribution in [0.1, 0.15) is 23.7 Å². The monoisotopic (exact) mass is 292 g/mol. The molecule has 104 valence electrons. The van der Waals surface area contributed by atoms with Gasteiger partial charge in [-0.25, -0.2) is 8.78 Å². The van der Waals surface area contributed by atoms with Gasteiger partial charge in [0.05, 0.1) is 16.6 Å². The van der Waals surface area contributed by atoms with E-state index in [1.807, 2.05) is 0 Å². The van der Waals surface area contributed by atoms with E-state index in [0.717, 1.165) is 0 Å². The number of phenols is 1. The number of halogens is 3. The minimum Gasteiger partial charge on any atom is -0.503 e. The molecule has 0 spiro atoms. The summed E-state index contributed by atoms with van der Waals surface area (Å²) < 4.78 is 39.3. The molecule has 0 aliphatic carbocycles. The standard InChI is InChI=1S/C11H11F3N2O2S/c1-2-6(10(15)19)16-11(18)4-3-5(12)8(14)9(17)7(4)13/h3,6,17H,2H2,1H3,(H2,15,19)(H,16,18). The fourth-order valence-electron chi connectivity index (χ4n) is 1.37. The van der Waals surface area contributed by atoms with E-state index < -0.39 is 40.7 Å². The van der Waals surface area contributed by atoms with Crippen molar-refractivity contribution < 1.29 is 23.1 Å². The molecule has 19 heavy (non-hydrogen) atoms. The summed E-state index contributed by atoms with van der Waals surface area (Å²) >= 11 is 4.68. The van der Waals surface area contributed by atoms with Gasteiger partial charge in [-0.3, -0.25) is 4.79 Å². The molecule has 1 amide bonds. The molecule has 0 radical (unpaired) electrons. The third-order valence-corrected chi connectivity index (χ3v) is 2.72. The number of thiocarbonyl (C=S) groups is 1. The summed E-state index contributed by atoms with van der Waals surface area (Å²) in [6, 6.07) is -0.358. The Labute approximate surface area is 112 Å². The minimum absolute atomic E-state index is 0.0249. The van der Waals surface area contributed by atoms with Crippen molar-refractivity contribution in [1.29, 1.82) is 0 Å². The van der Waals surface area contributed by atoms with Crippen LogP contribution in [0.5, 0.6) is 5.75 Å². The normalized spacial score (nSPS) is 12.0. The molecule has 1 aromatic carbocycles. The Morgan fingerprint density at radius 3 is 2.53 bits per heavy atom. The van der Waals surface area contributed by atoms with E-state index in [2.05, 4.69) is 17.5 Å². The quantitative estimate of drug-likeness (QED) is 0.582. The predicted octanol–water partition coefficient (Wildman–Crippen LogP) is 1.60. The van der Waals surface area contributed by atoms with Crippen molar-refractivity contribution in [3.8, 4) is 5.75 Å². The largest absolute Gasteiger partial charge is 0.503 e. The Morgan fingerprint density at radius 1 is 1.47 bits per heavy atom. The van der Waals surface area contributed by atoms with Gasteiger partial charge in [0.1, 0.15) is 0 Å². The summed E-state index contributed by atoms with van der Waals surface area (Å²) in [7, 11) is 0. The SMILES string of the molecule is CCC(NC(=O)c1cc(F)c(F)c(O)c1F)C(N)=S. The highest BCUT2D eigenvalue weighted by molar-refractivity contribution is 7.80. The van der Waals surface area contributed by atoms with Crippen LogP contribution in [-0.2, 0) is 0 Å². The van der Waals surface area contributed by atoms with E-state index in [1.54, 1.807) is 6.92 Å². The smallest absolute Gasteiger partial charge is 0.255 e. The number of rotatable bonds is 4. The summed E-state index contributed by atoms with van der Waals surface area (Å²) in [4.78, 5) is 11.7. The van der Waals surface area contributed by atoms with Crippen molar-refractivity contribution in [1.82, 2.24) is 5.32 Å². The van der Waals surface area contributed by atoms with Crippen LogP contribution in [0.15, 0.2) is 6.07 Å². The third-order valence-electron chi connectivity index (χ3n) is 2.43. The van der Waals surface area contributed by atoms with Gasteiger partial charge in [0, 0.05) is 0 Å². The molecule has 4 nitrogen and oxygen atoms in total. The first-order valence-electron chi connectivity index (χ1n) is 5.26. The van der Waals surface area contributed by atoms with Crippen LogP contribution in [0.3, 0.4) is 0 Å². The summed E-state index contributed by atoms with van der Waals surface area (Å²) in [6.07, 6.45) is 0.346. The van der Waals surface area contributed by atoms with E-state index >= 15 is 0 Å².